The van der Waals surface area contributed by atoms with E-state index in [0.29, 0.717) is 18.5 Å². The molecule has 20 heavy (non-hydrogen) atoms. The van der Waals surface area contributed by atoms with E-state index in [9.17, 15) is 0 Å². The third-order valence-corrected chi connectivity index (χ3v) is 3.56. The molecule has 1 aromatic heterocycles. The van der Waals surface area contributed by atoms with Gasteiger partial charge in [-0.3, -0.25) is 4.99 Å². The Bertz CT molecular complexity index is 571. The second-order valence-corrected chi connectivity index (χ2v) is 5.08. The maximum atomic E-state index is 5.94. The molecule has 0 atom stereocenters. The molecule has 0 unspecified atom stereocenters. The number of fused-ring (bicyclic) bond motifs is 1. The van der Waals surface area contributed by atoms with Crippen LogP contribution in [0, 0.1) is 0 Å². The second kappa shape index (κ2) is 6.47. The van der Waals surface area contributed by atoms with E-state index in [2.05, 4.69) is 22.0 Å². The first-order valence-corrected chi connectivity index (χ1v) is 6.74. The summed E-state index contributed by atoms with van der Waals surface area (Å²) in [5.74, 6) is 1.60. The number of hydrogen-bond acceptors (Lipinski definition) is 2. The van der Waals surface area contributed by atoms with E-state index in [1.807, 2.05) is 25.2 Å². The smallest absolute Gasteiger partial charge is 0.191 e. The number of nitrogens with two attached hydrogens (primary N) is 1. The Morgan fingerprint density at radius 1 is 1.40 bits per heavy atom. The van der Waals surface area contributed by atoms with Gasteiger partial charge in [0.05, 0.1) is 0 Å². The first-order valence-electron chi connectivity index (χ1n) is 6.74. The lowest BCUT2D eigenvalue weighted by atomic mass is 10.2. The summed E-state index contributed by atoms with van der Waals surface area (Å²) in [6.07, 6.45) is 3.25. The number of nitrogens with zero attached hydrogens (tertiary/aromatic N) is 2. The van der Waals surface area contributed by atoms with Gasteiger partial charge < -0.3 is 15.1 Å². The van der Waals surface area contributed by atoms with E-state index in [1.54, 1.807) is 0 Å². The van der Waals surface area contributed by atoms with Gasteiger partial charge in [-0.2, -0.15) is 0 Å². The van der Waals surface area contributed by atoms with Crippen LogP contribution in [0.4, 0.5) is 0 Å². The van der Waals surface area contributed by atoms with Crippen LogP contribution in [0.1, 0.15) is 18.6 Å². The van der Waals surface area contributed by atoms with Gasteiger partial charge in [0.25, 0.3) is 0 Å². The molecular formula is C15H20IN3O. The highest BCUT2D eigenvalue weighted by Crippen LogP contribution is 2.25. The summed E-state index contributed by atoms with van der Waals surface area (Å²) in [5, 5.41) is 1.14. The lowest BCUT2D eigenvalue weighted by molar-refractivity contribution is 0.486. The summed E-state index contributed by atoms with van der Waals surface area (Å²) < 4.78 is 5.75. The van der Waals surface area contributed by atoms with Crippen LogP contribution >= 0.6 is 24.0 Å². The number of guanidine groups is 1. The molecule has 1 saturated carbocycles. The number of rotatable bonds is 4. The average molecular weight is 385 g/mol. The first kappa shape index (κ1) is 15.2. The van der Waals surface area contributed by atoms with Gasteiger partial charge in [0.2, 0.25) is 0 Å². The fourth-order valence-electron chi connectivity index (χ4n) is 2.20. The minimum atomic E-state index is 0. The highest BCUT2D eigenvalue weighted by molar-refractivity contribution is 14.0. The molecule has 108 valence electrons. The minimum Gasteiger partial charge on any atom is -0.461 e. The molecule has 4 nitrogen and oxygen atoms in total. The topological polar surface area (TPSA) is 54.8 Å². The summed E-state index contributed by atoms with van der Waals surface area (Å²) in [4.78, 5) is 6.48. The van der Waals surface area contributed by atoms with E-state index < -0.39 is 0 Å². The minimum absolute atomic E-state index is 0. The zero-order chi connectivity index (χ0) is 13.2. The van der Waals surface area contributed by atoms with Crippen molar-refractivity contribution in [3.05, 3.63) is 36.1 Å². The van der Waals surface area contributed by atoms with Crippen LogP contribution in [0.15, 0.2) is 39.7 Å². The van der Waals surface area contributed by atoms with E-state index in [4.69, 9.17) is 10.2 Å². The van der Waals surface area contributed by atoms with Crippen molar-refractivity contribution >= 4 is 40.9 Å². The monoisotopic (exact) mass is 385 g/mol. The fraction of sp³-hybridized carbons (Fsp3) is 0.400. The molecule has 3 rings (SSSR count). The molecule has 1 aliphatic rings. The van der Waals surface area contributed by atoms with E-state index >= 15 is 0 Å². The van der Waals surface area contributed by atoms with Gasteiger partial charge >= 0.3 is 0 Å². The highest BCUT2D eigenvalue weighted by atomic mass is 127. The molecule has 1 aromatic carbocycles. The largest absolute Gasteiger partial charge is 0.461 e. The summed E-state index contributed by atoms with van der Waals surface area (Å²) in [6.45, 7) is 0.669. The Hall–Kier alpha value is -1.24. The fourth-order valence-corrected chi connectivity index (χ4v) is 2.20. The Kier molecular flexibility index (Phi) is 4.91. The zero-order valence-electron chi connectivity index (χ0n) is 11.6. The van der Waals surface area contributed by atoms with Gasteiger partial charge in [-0.1, -0.05) is 18.2 Å². The zero-order valence-corrected chi connectivity index (χ0v) is 13.9. The van der Waals surface area contributed by atoms with Crippen molar-refractivity contribution in [2.75, 3.05) is 13.6 Å². The van der Waals surface area contributed by atoms with Crippen LogP contribution < -0.4 is 5.73 Å². The summed E-state index contributed by atoms with van der Waals surface area (Å²) >= 11 is 0. The molecule has 0 spiro atoms. The molecule has 0 radical (unpaired) electrons. The highest BCUT2D eigenvalue weighted by Gasteiger charge is 2.27. The van der Waals surface area contributed by atoms with Crippen molar-refractivity contribution in [2.24, 2.45) is 10.7 Å². The second-order valence-electron chi connectivity index (χ2n) is 5.08. The average Bonchev–Trinajstić information content (AvgIpc) is 3.17. The van der Waals surface area contributed by atoms with E-state index in [0.717, 1.165) is 23.2 Å². The number of aliphatic imine (C=N–C) groups is 1. The number of benzene rings is 1. The number of hydrogen-bond donors (Lipinski definition) is 1. The maximum Gasteiger partial charge on any atom is 0.191 e. The van der Waals surface area contributed by atoms with Crippen LogP contribution in [0.3, 0.4) is 0 Å². The lowest BCUT2D eigenvalue weighted by Crippen LogP contribution is -2.35. The van der Waals surface area contributed by atoms with Gasteiger partial charge in [0.1, 0.15) is 11.3 Å². The number of para-hydroxylation sites is 1. The van der Waals surface area contributed by atoms with Gasteiger partial charge in [0.15, 0.2) is 5.96 Å². The molecule has 0 amide bonds. The molecule has 2 aromatic rings. The molecular weight excluding hydrogens is 365 g/mol. The Morgan fingerprint density at radius 3 is 2.85 bits per heavy atom. The standard InChI is InChI=1S/C15H19N3O.HI/c1-18(12-6-7-12)15(16)17-9-8-13-10-11-4-2-3-5-14(11)19-13;/h2-5,10,12H,6-9H2,1H3,(H2,16,17);1H. The predicted octanol–water partition coefficient (Wildman–Crippen LogP) is 3.00. The lowest BCUT2D eigenvalue weighted by Gasteiger charge is -2.16. The third-order valence-electron chi connectivity index (χ3n) is 3.56. The third kappa shape index (κ3) is 3.45. The predicted molar refractivity (Wildman–Crippen MR) is 92.6 cm³/mol. The number of halogens is 1. The molecule has 1 aliphatic carbocycles. The molecule has 5 heteroatoms. The van der Waals surface area contributed by atoms with Crippen molar-refractivity contribution in [1.29, 1.82) is 0 Å². The molecule has 1 fully saturated rings. The van der Waals surface area contributed by atoms with E-state index in [-0.39, 0.29) is 24.0 Å². The molecule has 0 aliphatic heterocycles. The molecule has 0 saturated heterocycles. The van der Waals surface area contributed by atoms with Crippen molar-refractivity contribution in [3.63, 3.8) is 0 Å². The van der Waals surface area contributed by atoms with Crippen molar-refractivity contribution in [2.45, 2.75) is 25.3 Å². The summed E-state index contributed by atoms with van der Waals surface area (Å²) in [6, 6.07) is 10.7. The summed E-state index contributed by atoms with van der Waals surface area (Å²) in [7, 11) is 2.01. The van der Waals surface area contributed by atoms with Crippen molar-refractivity contribution in [1.82, 2.24) is 4.90 Å². The van der Waals surface area contributed by atoms with Gasteiger partial charge in [0, 0.05) is 31.4 Å². The molecule has 0 bridgehead atoms. The maximum absolute atomic E-state index is 5.94. The number of furan rings is 1. The van der Waals surface area contributed by atoms with Crippen LogP contribution in [-0.2, 0) is 6.42 Å². The Balaban J connectivity index is 0.00000147. The SMILES string of the molecule is CN(C(N)=NCCc1cc2ccccc2o1)C1CC1.I. The first-order chi connectivity index (χ1) is 9.24. The van der Waals surface area contributed by atoms with Gasteiger partial charge in [-0.15, -0.1) is 24.0 Å². The van der Waals surface area contributed by atoms with Crippen LogP contribution in [0.25, 0.3) is 11.0 Å². The van der Waals surface area contributed by atoms with Crippen LogP contribution in [0.2, 0.25) is 0 Å². The quantitative estimate of drug-likeness (QED) is 0.500. The molecule has 1 heterocycles. The Morgan fingerprint density at radius 2 is 2.15 bits per heavy atom. The van der Waals surface area contributed by atoms with Crippen molar-refractivity contribution in [3.8, 4) is 0 Å². The Labute approximate surface area is 136 Å². The van der Waals surface area contributed by atoms with Crippen molar-refractivity contribution < 1.29 is 4.42 Å². The van der Waals surface area contributed by atoms with Gasteiger partial charge in [-0.25, -0.2) is 0 Å². The molecule has 2 N–H and O–H groups in total. The van der Waals surface area contributed by atoms with Crippen LogP contribution in [-0.4, -0.2) is 30.5 Å². The summed E-state index contributed by atoms with van der Waals surface area (Å²) in [5.41, 5.74) is 6.88. The van der Waals surface area contributed by atoms with Crippen LogP contribution in [0.5, 0.6) is 0 Å². The van der Waals surface area contributed by atoms with E-state index in [1.165, 1.54) is 12.8 Å². The normalized spacial score (nSPS) is 15.2. The van der Waals surface area contributed by atoms with Gasteiger partial charge in [-0.05, 0) is 25.0 Å².